The molecule has 1 aromatic rings. The van der Waals surface area contributed by atoms with Crippen LogP contribution in [0, 0.1) is 23.7 Å². The maximum atomic E-state index is 14.7. The number of carbonyl (C=O) groups excluding carboxylic acids is 4. The number of hydrogen-bond donors (Lipinski definition) is 11. The second-order valence-corrected chi connectivity index (χ2v) is 20.7. The fourth-order valence-electron chi connectivity index (χ4n) is 10.1. The molecule has 23 nitrogen and oxygen atoms in total. The van der Waals surface area contributed by atoms with Crippen molar-refractivity contribution in [3.05, 3.63) is 35.9 Å². The van der Waals surface area contributed by atoms with Crippen LogP contribution < -0.4 is 10.6 Å². The third kappa shape index (κ3) is 16.8. The molecule has 0 bridgehead atoms. The van der Waals surface area contributed by atoms with Crippen LogP contribution in [0.25, 0.3) is 0 Å². The van der Waals surface area contributed by atoms with Crippen LogP contribution in [0.2, 0.25) is 0 Å². The first-order valence-electron chi connectivity index (χ1n) is 25.6. The van der Waals surface area contributed by atoms with E-state index in [1.807, 2.05) is 19.9 Å². The highest BCUT2D eigenvalue weighted by atomic mass is 16.7. The monoisotopic (exact) mass is 1060 g/mol. The molecule has 2 fully saturated rings. The number of ether oxygens (including phenoxy) is 4. The van der Waals surface area contributed by atoms with Gasteiger partial charge in [-0.05, 0) is 43.2 Å². The highest BCUT2D eigenvalue weighted by Crippen LogP contribution is 2.30. The molecule has 2 heterocycles. The summed E-state index contributed by atoms with van der Waals surface area (Å²) in [7, 11) is 6.00. The van der Waals surface area contributed by atoms with E-state index >= 15 is 0 Å². The van der Waals surface area contributed by atoms with Crippen molar-refractivity contribution in [2.24, 2.45) is 23.7 Å². The number of aliphatic carboxylic acids is 1. The Morgan fingerprint density at radius 2 is 1.46 bits per heavy atom. The maximum Gasteiger partial charge on any atom is 0.326 e. The molecule has 4 amide bonds. The number of benzene rings is 1. The molecule has 0 aromatic heterocycles. The summed E-state index contributed by atoms with van der Waals surface area (Å²) in [5.74, 6) is -4.95. The first-order valence-corrected chi connectivity index (χ1v) is 25.6. The zero-order valence-corrected chi connectivity index (χ0v) is 44.8. The molecule has 2 aliphatic heterocycles. The molecule has 2 saturated heterocycles. The third-order valence-corrected chi connectivity index (χ3v) is 14.7. The van der Waals surface area contributed by atoms with Gasteiger partial charge in [0.1, 0.15) is 54.8 Å². The summed E-state index contributed by atoms with van der Waals surface area (Å²) in [4.78, 5) is 73.7. The summed E-state index contributed by atoms with van der Waals surface area (Å²) in [6, 6.07) is 4.50. The first kappa shape index (κ1) is 64.3. The Hall–Kier alpha value is -3.95. The predicted molar refractivity (Wildman–Crippen MR) is 268 cm³/mol. The zero-order valence-electron chi connectivity index (χ0n) is 44.8. The first-order chi connectivity index (χ1) is 34.8. The van der Waals surface area contributed by atoms with E-state index in [2.05, 4.69) is 10.6 Å². The molecule has 0 saturated carbocycles. The Morgan fingerprint density at radius 1 is 0.838 bits per heavy atom. The standard InChI is InChI=1S/C51H87N5O18/c1-12-28(6)40(35(71-10)22-37(60)56-20-16-19-32(56)46(72-11)29(7)47(66)52-31(50(69)70)21-30-17-14-13-15-18-30)55(9)49(68)38(26(2)3)53-48(67)39(27(4)5)54(8)23-33(58)41(61)42(62)34(59)25-73-51-45(65)44(64)43(63)36(24-57)74-51/h13-15,17-18,26-29,31-36,38-46,51,57-59,61-65H,12,16,19-25H2,1-11H3,(H,52,66)(H,53,67)(H,69,70). The van der Waals surface area contributed by atoms with Gasteiger partial charge in [-0.2, -0.15) is 0 Å². The lowest BCUT2D eigenvalue weighted by atomic mass is 9.89. The van der Waals surface area contributed by atoms with Gasteiger partial charge in [0.15, 0.2) is 6.29 Å². The van der Waals surface area contributed by atoms with Crippen molar-refractivity contribution in [1.29, 1.82) is 0 Å². The van der Waals surface area contributed by atoms with Gasteiger partial charge in [0.2, 0.25) is 23.6 Å². The fraction of sp³-hybridized carbons (Fsp3) is 0.784. The minimum absolute atomic E-state index is 0.0764. The second-order valence-electron chi connectivity index (χ2n) is 20.7. The highest BCUT2D eigenvalue weighted by molar-refractivity contribution is 5.90. The van der Waals surface area contributed by atoms with Crippen LogP contribution >= 0.6 is 0 Å². The van der Waals surface area contributed by atoms with E-state index in [0.717, 1.165) is 5.56 Å². The number of likely N-dealkylation sites (N-methyl/N-ethyl adjacent to an activating group) is 2. The Balaban J connectivity index is 1.72. The van der Waals surface area contributed by atoms with Crippen LogP contribution in [0.5, 0.6) is 0 Å². The minimum atomic E-state index is -2.02. The molecule has 18 atom stereocenters. The molecule has 74 heavy (non-hydrogen) atoms. The van der Waals surface area contributed by atoms with Crippen LogP contribution in [-0.4, -0.2) is 242 Å². The number of carboxylic acid groups (broad SMARTS) is 1. The number of methoxy groups -OCH3 is 2. The third-order valence-electron chi connectivity index (χ3n) is 14.7. The molecule has 1 aromatic carbocycles. The van der Waals surface area contributed by atoms with Gasteiger partial charge in [0.05, 0.1) is 62.0 Å². The van der Waals surface area contributed by atoms with Gasteiger partial charge < -0.3 is 85.3 Å². The number of likely N-dealkylation sites (tertiary alicyclic amines) is 1. The molecule has 424 valence electrons. The van der Waals surface area contributed by atoms with E-state index in [9.17, 15) is 69.9 Å². The van der Waals surface area contributed by atoms with E-state index in [-0.39, 0.29) is 24.7 Å². The van der Waals surface area contributed by atoms with Gasteiger partial charge >= 0.3 is 5.97 Å². The van der Waals surface area contributed by atoms with Crippen molar-refractivity contribution in [1.82, 2.24) is 25.3 Å². The van der Waals surface area contributed by atoms with Crippen molar-refractivity contribution < 1.29 is 88.9 Å². The average molecular weight is 1060 g/mol. The maximum absolute atomic E-state index is 14.7. The normalized spacial score (nSPS) is 25.2. The predicted octanol–water partition coefficient (Wildman–Crippen LogP) is -1.92. The topological polar surface area (TPSA) is 338 Å². The van der Waals surface area contributed by atoms with E-state index < -0.39 is 159 Å². The SMILES string of the molecule is CCC(C)C(C(CC(=O)N1CCCC1C(OC)C(C)C(=O)NC(Cc1ccccc1)C(=O)O)OC)N(C)C(=O)C(NC(=O)C(C(C)C)N(C)CC(O)C(O)C(O)C(O)COC1OC(CO)C(O)C(O)C1O)C(C)C. The van der Waals surface area contributed by atoms with Gasteiger partial charge in [-0.1, -0.05) is 85.2 Å². The lowest BCUT2D eigenvalue weighted by molar-refractivity contribution is -0.306. The van der Waals surface area contributed by atoms with Crippen LogP contribution in [0.15, 0.2) is 30.3 Å². The number of nitrogens with one attached hydrogen (secondary N) is 2. The molecule has 0 radical (unpaired) electrons. The van der Waals surface area contributed by atoms with Crippen molar-refractivity contribution in [3.63, 3.8) is 0 Å². The number of carbonyl (C=O) groups is 5. The van der Waals surface area contributed by atoms with Gasteiger partial charge in [-0.3, -0.25) is 24.1 Å². The van der Waals surface area contributed by atoms with E-state index in [1.165, 1.54) is 31.1 Å². The molecule has 0 spiro atoms. The zero-order chi connectivity index (χ0) is 55.9. The lowest BCUT2D eigenvalue weighted by Crippen LogP contribution is -2.60. The number of aliphatic hydroxyl groups excluding tert-OH is 8. The van der Waals surface area contributed by atoms with E-state index in [4.69, 9.17) is 18.9 Å². The summed E-state index contributed by atoms with van der Waals surface area (Å²) < 4.78 is 22.4. The highest BCUT2D eigenvalue weighted by Gasteiger charge is 2.46. The van der Waals surface area contributed by atoms with Crippen molar-refractivity contribution in [2.45, 2.75) is 178 Å². The summed E-state index contributed by atoms with van der Waals surface area (Å²) >= 11 is 0. The van der Waals surface area contributed by atoms with Crippen LogP contribution in [0.3, 0.4) is 0 Å². The van der Waals surface area contributed by atoms with Gasteiger partial charge in [0, 0.05) is 40.8 Å². The van der Waals surface area contributed by atoms with E-state index in [1.54, 1.807) is 70.8 Å². The molecule has 2 aliphatic rings. The van der Waals surface area contributed by atoms with Gasteiger partial charge in [-0.15, -0.1) is 0 Å². The van der Waals surface area contributed by atoms with Gasteiger partial charge in [-0.25, -0.2) is 4.79 Å². The number of nitrogens with zero attached hydrogens (tertiary/aromatic N) is 3. The molecule has 3 rings (SSSR count). The number of amides is 4. The molecular formula is C51H87N5O18. The van der Waals surface area contributed by atoms with Gasteiger partial charge in [0.25, 0.3) is 0 Å². The van der Waals surface area contributed by atoms with E-state index in [0.29, 0.717) is 25.8 Å². The van der Waals surface area contributed by atoms with Crippen LogP contribution in [-0.2, 0) is 49.3 Å². The Morgan fingerprint density at radius 3 is 2.00 bits per heavy atom. The summed E-state index contributed by atoms with van der Waals surface area (Å²) in [6.45, 7) is 11.0. The van der Waals surface area contributed by atoms with Crippen molar-refractivity contribution in [3.8, 4) is 0 Å². The van der Waals surface area contributed by atoms with Crippen molar-refractivity contribution in [2.75, 3.05) is 54.6 Å². The molecular weight excluding hydrogens is 971 g/mol. The Kier molecular flexibility index (Phi) is 26.2. The summed E-state index contributed by atoms with van der Waals surface area (Å²) in [5, 5.41) is 98.5. The number of aliphatic hydroxyl groups is 8. The molecule has 0 aliphatic carbocycles. The molecule has 23 heteroatoms. The second kappa shape index (κ2) is 30.1. The lowest BCUT2D eigenvalue weighted by Gasteiger charge is -2.41. The minimum Gasteiger partial charge on any atom is -0.480 e. The largest absolute Gasteiger partial charge is 0.480 e. The smallest absolute Gasteiger partial charge is 0.326 e. The Bertz CT molecular complexity index is 1900. The average Bonchev–Trinajstić information content (AvgIpc) is 3.85. The molecule has 18 unspecified atom stereocenters. The number of hydrogen-bond acceptors (Lipinski definition) is 18. The van der Waals surface area contributed by atoms with Crippen molar-refractivity contribution >= 4 is 29.6 Å². The number of rotatable bonds is 30. The number of carboxylic acids is 1. The fourth-order valence-corrected chi connectivity index (χ4v) is 10.1. The molecule has 11 N–H and O–H groups in total. The summed E-state index contributed by atoms with van der Waals surface area (Å²) in [6.07, 6.45) is -15.7. The van der Waals surface area contributed by atoms with Crippen LogP contribution in [0.4, 0.5) is 0 Å². The Labute approximate surface area is 435 Å². The quantitative estimate of drug-likeness (QED) is 0.0400. The summed E-state index contributed by atoms with van der Waals surface area (Å²) in [5.41, 5.74) is 0.740. The van der Waals surface area contributed by atoms with Crippen LogP contribution in [0.1, 0.15) is 79.7 Å².